The van der Waals surface area contributed by atoms with Gasteiger partial charge in [-0.15, -0.1) is 11.3 Å². The lowest BCUT2D eigenvalue weighted by Gasteiger charge is -2.16. The Kier molecular flexibility index (Phi) is 2.37. The van der Waals surface area contributed by atoms with E-state index in [-0.39, 0.29) is 5.54 Å². The summed E-state index contributed by atoms with van der Waals surface area (Å²) in [5.74, 6) is 0. The molecule has 0 aliphatic rings. The standard InChI is InChI=1S/C7H11BrN2S/c1-4-5(7(2,3)9)11-6(8)10-4/h9H2,1-3H3. The average molecular weight is 235 g/mol. The SMILES string of the molecule is Cc1nc(Br)sc1C(C)(C)N. The summed E-state index contributed by atoms with van der Waals surface area (Å²) < 4.78 is 0.906. The van der Waals surface area contributed by atoms with E-state index in [0.29, 0.717) is 0 Å². The van der Waals surface area contributed by atoms with Gasteiger partial charge in [-0.1, -0.05) is 0 Å². The largest absolute Gasteiger partial charge is 0.321 e. The van der Waals surface area contributed by atoms with E-state index >= 15 is 0 Å². The Morgan fingerprint density at radius 1 is 1.55 bits per heavy atom. The Morgan fingerprint density at radius 2 is 2.09 bits per heavy atom. The molecule has 1 rings (SSSR count). The number of nitrogens with two attached hydrogens (primary N) is 1. The fourth-order valence-corrected chi connectivity index (χ4v) is 2.52. The van der Waals surface area contributed by atoms with E-state index in [9.17, 15) is 0 Å². The van der Waals surface area contributed by atoms with Crippen LogP contribution in [0.5, 0.6) is 0 Å². The van der Waals surface area contributed by atoms with Crippen molar-refractivity contribution in [1.29, 1.82) is 0 Å². The average Bonchev–Trinajstić information content (AvgIpc) is 2.08. The molecule has 0 saturated carbocycles. The number of thiazole rings is 1. The van der Waals surface area contributed by atoms with Gasteiger partial charge in [0.25, 0.3) is 0 Å². The van der Waals surface area contributed by atoms with Gasteiger partial charge < -0.3 is 5.73 Å². The van der Waals surface area contributed by atoms with E-state index in [1.54, 1.807) is 11.3 Å². The van der Waals surface area contributed by atoms with Gasteiger partial charge in [0.05, 0.1) is 5.69 Å². The van der Waals surface area contributed by atoms with Crippen LogP contribution in [0.2, 0.25) is 0 Å². The van der Waals surface area contributed by atoms with Crippen molar-refractivity contribution >= 4 is 27.3 Å². The Labute approximate surface area is 79.0 Å². The minimum Gasteiger partial charge on any atom is -0.321 e. The van der Waals surface area contributed by atoms with Crippen molar-refractivity contribution in [2.45, 2.75) is 26.3 Å². The summed E-state index contributed by atoms with van der Waals surface area (Å²) in [5.41, 5.74) is 6.67. The van der Waals surface area contributed by atoms with E-state index < -0.39 is 0 Å². The van der Waals surface area contributed by atoms with Gasteiger partial charge in [-0.05, 0) is 36.7 Å². The molecule has 62 valence electrons. The van der Waals surface area contributed by atoms with Crippen molar-refractivity contribution in [3.05, 3.63) is 14.5 Å². The molecule has 0 atom stereocenters. The zero-order chi connectivity index (χ0) is 8.65. The highest BCUT2D eigenvalue weighted by molar-refractivity contribution is 9.11. The number of aryl methyl sites for hydroxylation is 1. The van der Waals surface area contributed by atoms with Crippen LogP contribution in [-0.4, -0.2) is 4.98 Å². The third kappa shape index (κ3) is 2.01. The molecule has 1 aromatic rings. The summed E-state index contributed by atoms with van der Waals surface area (Å²) in [4.78, 5) is 5.38. The van der Waals surface area contributed by atoms with E-state index in [1.807, 2.05) is 20.8 Å². The van der Waals surface area contributed by atoms with Gasteiger partial charge >= 0.3 is 0 Å². The summed E-state index contributed by atoms with van der Waals surface area (Å²) in [6.07, 6.45) is 0. The van der Waals surface area contributed by atoms with Crippen LogP contribution >= 0.6 is 27.3 Å². The third-order valence-electron chi connectivity index (χ3n) is 1.36. The maximum absolute atomic E-state index is 5.92. The second-order valence-electron chi connectivity index (χ2n) is 3.10. The normalized spacial score (nSPS) is 12.1. The first-order valence-corrected chi connectivity index (χ1v) is 4.94. The van der Waals surface area contributed by atoms with Gasteiger partial charge in [-0.3, -0.25) is 0 Å². The van der Waals surface area contributed by atoms with E-state index in [1.165, 1.54) is 0 Å². The summed E-state index contributed by atoms with van der Waals surface area (Å²) in [7, 11) is 0. The first-order valence-electron chi connectivity index (χ1n) is 3.33. The fraction of sp³-hybridized carbons (Fsp3) is 0.571. The molecule has 1 aromatic heterocycles. The zero-order valence-electron chi connectivity index (χ0n) is 6.81. The molecule has 0 aliphatic carbocycles. The first-order chi connectivity index (χ1) is 4.91. The lowest BCUT2D eigenvalue weighted by molar-refractivity contribution is 0.562. The second kappa shape index (κ2) is 2.84. The van der Waals surface area contributed by atoms with Gasteiger partial charge in [0.15, 0.2) is 3.92 Å². The number of aromatic nitrogens is 1. The van der Waals surface area contributed by atoms with Crippen LogP contribution in [0.4, 0.5) is 0 Å². The van der Waals surface area contributed by atoms with Crippen LogP contribution in [-0.2, 0) is 5.54 Å². The van der Waals surface area contributed by atoms with E-state index in [4.69, 9.17) is 5.73 Å². The van der Waals surface area contributed by atoms with Gasteiger partial charge in [0.2, 0.25) is 0 Å². The molecular formula is C7H11BrN2S. The van der Waals surface area contributed by atoms with Gasteiger partial charge in [-0.2, -0.15) is 0 Å². The smallest absolute Gasteiger partial charge is 0.159 e. The Hall–Kier alpha value is 0.0700. The van der Waals surface area contributed by atoms with E-state index in [0.717, 1.165) is 14.5 Å². The van der Waals surface area contributed by atoms with Gasteiger partial charge in [-0.25, -0.2) is 4.98 Å². The Balaban J connectivity index is 3.13. The maximum atomic E-state index is 5.92. The number of hydrogen-bond donors (Lipinski definition) is 1. The lowest BCUT2D eigenvalue weighted by atomic mass is 10.0. The topological polar surface area (TPSA) is 38.9 Å². The highest BCUT2D eigenvalue weighted by Gasteiger charge is 2.20. The molecule has 2 nitrogen and oxygen atoms in total. The quantitative estimate of drug-likeness (QED) is 0.811. The van der Waals surface area contributed by atoms with Gasteiger partial charge in [0.1, 0.15) is 0 Å². The third-order valence-corrected chi connectivity index (χ3v) is 3.30. The molecule has 0 aromatic carbocycles. The second-order valence-corrected chi connectivity index (χ2v) is 5.38. The van der Waals surface area contributed by atoms with Crippen molar-refractivity contribution in [1.82, 2.24) is 4.98 Å². The Morgan fingerprint density at radius 3 is 2.27 bits per heavy atom. The highest BCUT2D eigenvalue weighted by Crippen LogP contribution is 2.30. The summed E-state index contributed by atoms with van der Waals surface area (Å²) in [6, 6.07) is 0. The molecule has 0 saturated heterocycles. The molecule has 0 fully saturated rings. The molecule has 0 unspecified atom stereocenters. The van der Waals surface area contributed by atoms with Crippen LogP contribution < -0.4 is 5.73 Å². The predicted molar refractivity (Wildman–Crippen MR) is 51.8 cm³/mol. The summed E-state index contributed by atoms with van der Waals surface area (Å²) in [5, 5.41) is 0. The van der Waals surface area contributed by atoms with Crippen LogP contribution in [0.3, 0.4) is 0 Å². The van der Waals surface area contributed by atoms with Crippen LogP contribution in [0.25, 0.3) is 0 Å². The molecule has 0 bridgehead atoms. The van der Waals surface area contributed by atoms with Crippen molar-refractivity contribution in [2.24, 2.45) is 5.73 Å². The molecule has 0 aliphatic heterocycles. The summed E-state index contributed by atoms with van der Waals surface area (Å²) >= 11 is 4.93. The first kappa shape index (κ1) is 9.16. The van der Waals surface area contributed by atoms with Crippen molar-refractivity contribution in [3.8, 4) is 0 Å². The number of rotatable bonds is 1. The Bertz CT molecular complexity index is 262. The highest BCUT2D eigenvalue weighted by atomic mass is 79.9. The lowest BCUT2D eigenvalue weighted by Crippen LogP contribution is -2.28. The fourth-order valence-electron chi connectivity index (χ4n) is 0.961. The molecule has 2 N–H and O–H groups in total. The van der Waals surface area contributed by atoms with Crippen LogP contribution in [0, 0.1) is 6.92 Å². The number of nitrogens with zero attached hydrogens (tertiary/aromatic N) is 1. The molecule has 0 amide bonds. The number of halogens is 1. The molecule has 4 heteroatoms. The monoisotopic (exact) mass is 234 g/mol. The van der Waals surface area contributed by atoms with E-state index in [2.05, 4.69) is 20.9 Å². The maximum Gasteiger partial charge on any atom is 0.159 e. The molecule has 0 radical (unpaired) electrons. The van der Waals surface area contributed by atoms with Crippen molar-refractivity contribution in [2.75, 3.05) is 0 Å². The van der Waals surface area contributed by atoms with Crippen molar-refractivity contribution < 1.29 is 0 Å². The van der Waals surface area contributed by atoms with Crippen LogP contribution in [0.1, 0.15) is 24.4 Å². The number of hydrogen-bond acceptors (Lipinski definition) is 3. The molecule has 1 heterocycles. The molecule has 11 heavy (non-hydrogen) atoms. The minimum absolute atomic E-state index is 0.270. The summed E-state index contributed by atoms with van der Waals surface area (Å²) in [6.45, 7) is 5.95. The van der Waals surface area contributed by atoms with Gasteiger partial charge in [0, 0.05) is 10.4 Å². The van der Waals surface area contributed by atoms with Crippen molar-refractivity contribution in [3.63, 3.8) is 0 Å². The van der Waals surface area contributed by atoms with Crippen LogP contribution in [0.15, 0.2) is 3.92 Å². The minimum atomic E-state index is -0.270. The predicted octanol–water partition coefficient (Wildman–Crippen LogP) is 2.41. The molecular weight excluding hydrogens is 224 g/mol. The molecule has 0 spiro atoms. The zero-order valence-corrected chi connectivity index (χ0v) is 9.21.